The van der Waals surface area contributed by atoms with Crippen LogP contribution < -0.4 is 4.74 Å². The fourth-order valence-corrected chi connectivity index (χ4v) is 2.23. The van der Waals surface area contributed by atoms with Crippen LogP contribution in [0.3, 0.4) is 0 Å². The SMILES string of the molecule is COc1cc2ccccc2cc1-c1ccccc1. The van der Waals surface area contributed by atoms with Gasteiger partial charge in [-0.3, -0.25) is 0 Å². The summed E-state index contributed by atoms with van der Waals surface area (Å²) >= 11 is 0. The Hall–Kier alpha value is -2.28. The summed E-state index contributed by atoms with van der Waals surface area (Å²) in [5.41, 5.74) is 2.32. The van der Waals surface area contributed by atoms with Gasteiger partial charge in [-0.2, -0.15) is 0 Å². The molecule has 0 bridgehead atoms. The molecule has 0 fully saturated rings. The average Bonchev–Trinajstić information content (AvgIpc) is 2.46. The molecule has 3 aromatic rings. The van der Waals surface area contributed by atoms with Crippen molar-refractivity contribution in [2.45, 2.75) is 0 Å². The lowest BCUT2D eigenvalue weighted by molar-refractivity contribution is 0.417. The fourth-order valence-electron chi connectivity index (χ4n) is 2.23. The molecule has 0 heterocycles. The molecule has 0 radical (unpaired) electrons. The largest absolute Gasteiger partial charge is 0.496 e. The van der Waals surface area contributed by atoms with Crippen molar-refractivity contribution >= 4 is 10.8 Å². The van der Waals surface area contributed by atoms with Crippen molar-refractivity contribution in [1.29, 1.82) is 0 Å². The van der Waals surface area contributed by atoms with Crippen molar-refractivity contribution in [3.63, 3.8) is 0 Å². The van der Waals surface area contributed by atoms with Gasteiger partial charge in [-0.15, -0.1) is 0 Å². The summed E-state index contributed by atoms with van der Waals surface area (Å²) in [6.07, 6.45) is 0. The smallest absolute Gasteiger partial charge is 0.127 e. The van der Waals surface area contributed by atoms with E-state index in [1.807, 2.05) is 24.3 Å². The lowest BCUT2D eigenvalue weighted by atomic mass is 10.00. The molecule has 18 heavy (non-hydrogen) atoms. The summed E-state index contributed by atoms with van der Waals surface area (Å²) in [7, 11) is 1.72. The van der Waals surface area contributed by atoms with Crippen LogP contribution in [0.1, 0.15) is 0 Å². The number of fused-ring (bicyclic) bond motifs is 1. The van der Waals surface area contributed by atoms with Crippen molar-refractivity contribution in [3.05, 3.63) is 66.7 Å². The van der Waals surface area contributed by atoms with Crippen LogP contribution in [0.5, 0.6) is 5.75 Å². The van der Waals surface area contributed by atoms with E-state index in [0.29, 0.717) is 0 Å². The molecule has 0 atom stereocenters. The number of hydrogen-bond acceptors (Lipinski definition) is 1. The molecule has 3 aromatic carbocycles. The number of benzene rings is 3. The maximum Gasteiger partial charge on any atom is 0.127 e. The minimum atomic E-state index is 0.917. The second-order valence-electron chi connectivity index (χ2n) is 4.27. The van der Waals surface area contributed by atoms with Gasteiger partial charge < -0.3 is 4.74 Å². The topological polar surface area (TPSA) is 9.23 Å². The second kappa shape index (κ2) is 4.53. The van der Waals surface area contributed by atoms with Crippen molar-refractivity contribution < 1.29 is 4.74 Å². The minimum Gasteiger partial charge on any atom is -0.496 e. The van der Waals surface area contributed by atoms with Gasteiger partial charge in [-0.25, -0.2) is 0 Å². The van der Waals surface area contributed by atoms with E-state index < -0.39 is 0 Å². The Balaban J connectivity index is 2.27. The Morgan fingerprint density at radius 1 is 0.722 bits per heavy atom. The second-order valence-corrected chi connectivity index (χ2v) is 4.27. The van der Waals surface area contributed by atoms with Gasteiger partial charge in [0.2, 0.25) is 0 Å². The lowest BCUT2D eigenvalue weighted by Crippen LogP contribution is -1.88. The number of hydrogen-bond donors (Lipinski definition) is 0. The molecule has 0 aliphatic heterocycles. The number of ether oxygens (including phenoxy) is 1. The van der Waals surface area contributed by atoms with Gasteiger partial charge in [-0.05, 0) is 28.5 Å². The maximum atomic E-state index is 5.51. The summed E-state index contributed by atoms with van der Waals surface area (Å²) in [5, 5.41) is 2.44. The zero-order chi connectivity index (χ0) is 12.4. The molecule has 88 valence electrons. The first-order chi connectivity index (χ1) is 8.88. The Kier molecular flexibility index (Phi) is 2.73. The van der Waals surface area contributed by atoms with Gasteiger partial charge in [0.05, 0.1) is 7.11 Å². The van der Waals surface area contributed by atoms with Gasteiger partial charge >= 0.3 is 0 Å². The molecule has 0 aliphatic rings. The van der Waals surface area contributed by atoms with Crippen LogP contribution in [0.2, 0.25) is 0 Å². The minimum absolute atomic E-state index is 0.917. The van der Waals surface area contributed by atoms with Gasteiger partial charge in [0.15, 0.2) is 0 Å². The van der Waals surface area contributed by atoms with E-state index in [0.717, 1.165) is 11.3 Å². The van der Waals surface area contributed by atoms with E-state index in [9.17, 15) is 0 Å². The summed E-state index contributed by atoms with van der Waals surface area (Å²) in [4.78, 5) is 0. The first-order valence-corrected chi connectivity index (χ1v) is 6.01. The number of methoxy groups -OCH3 is 1. The molecule has 0 saturated heterocycles. The Morgan fingerprint density at radius 3 is 2.00 bits per heavy atom. The Bertz CT molecular complexity index is 672. The highest BCUT2D eigenvalue weighted by molar-refractivity contribution is 5.90. The van der Waals surface area contributed by atoms with Crippen LogP contribution in [0.25, 0.3) is 21.9 Å². The third-order valence-electron chi connectivity index (χ3n) is 3.15. The molecule has 0 amide bonds. The third-order valence-corrected chi connectivity index (χ3v) is 3.15. The van der Waals surface area contributed by atoms with Gasteiger partial charge in [-0.1, -0.05) is 54.6 Å². The summed E-state index contributed by atoms with van der Waals surface area (Å²) in [6.45, 7) is 0. The molecule has 1 heteroatoms. The molecule has 1 nitrogen and oxygen atoms in total. The van der Waals surface area contributed by atoms with Crippen molar-refractivity contribution in [2.75, 3.05) is 7.11 Å². The molecule has 0 N–H and O–H groups in total. The highest BCUT2D eigenvalue weighted by Gasteiger charge is 2.07. The highest BCUT2D eigenvalue weighted by atomic mass is 16.5. The van der Waals surface area contributed by atoms with Crippen LogP contribution in [0, 0.1) is 0 Å². The molecule has 0 aliphatic carbocycles. The predicted molar refractivity (Wildman–Crippen MR) is 75.9 cm³/mol. The first kappa shape index (κ1) is 10.8. The maximum absolute atomic E-state index is 5.51. The van der Waals surface area contributed by atoms with Crippen LogP contribution in [0.4, 0.5) is 0 Å². The van der Waals surface area contributed by atoms with E-state index in [1.165, 1.54) is 16.3 Å². The van der Waals surface area contributed by atoms with Crippen molar-refractivity contribution in [3.8, 4) is 16.9 Å². The van der Waals surface area contributed by atoms with E-state index in [1.54, 1.807) is 7.11 Å². The lowest BCUT2D eigenvalue weighted by Gasteiger charge is -2.10. The molecule has 0 saturated carbocycles. The molecule has 0 unspecified atom stereocenters. The highest BCUT2D eigenvalue weighted by Crippen LogP contribution is 2.33. The Morgan fingerprint density at radius 2 is 1.33 bits per heavy atom. The summed E-state index contributed by atoms with van der Waals surface area (Å²) in [6, 6.07) is 22.9. The van der Waals surface area contributed by atoms with Gasteiger partial charge in [0, 0.05) is 5.56 Å². The van der Waals surface area contributed by atoms with E-state index in [4.69, 9.17) is 4.74 Å². The standard InChI is InChI=1S/C17H14O/c1-18-17-12-15-10-6-5-9-14(15)11-16(17)13-7-3-2-4-8-13/h2-12H,1H3. The molecule has 0 spiro atoms. The van der Waals surface area contributed by atoms with Gasteiger partial charge in [0.25, 0.3) is 0 Å². The number of rotatable bonds is 2. The molecule has 0 aromatic heterocycles. The van der Waals surface area contributed by atoms with Crippen molar-refractivity contribution in [2.24, 2.45) is 0 Å². The van der Waals surface area contributed by atoms with Crippen molar-refractivity contribution in [1.82, 2.24) is 0 Å². The quantitative estimate of drug-likeness (QED) is 0.633. The monoisotopic (exact) mass is 234 g/mol. The zero-order valence-corrected chi connectivity index (χ0v) is 10.3. The predicted octanol–water partition coefficient (Wildman–Crippen LogP) is 4.52. The van der Waals surface area contributed by atoms with E-state index >= 15 is 0 Å². The van der Waals surface area contributed by atoms with Crippen LogP contribution in [-0.4, -0.2) is 7.11 Å². The Labute approximate surface area is 107 Å². The molecule has 3 rings (SSSR count). The van der Waals surface area contributed by atoms with Crippen LogP contribution >= 0.6 is 0 Å². The fraction of sp³-hybridized carbons (Fsp3) is 0.0588. The van der Waals surface area contributed by atoms with Crippen LogP contribution in [-0.2, 0) is 0 Å². The first-order valence-electron chi connectivity index (χ1n) is 6.01. The van der Waals surface area contributed by atoms with E-state index in [-0.39, 0.29) is 0 Å². The normalized spacial score (nSPS) is 10.5. The van der Waals surface area contributed by atoms with Crippen LogP contribution in [0.15, 0.2) is 66.7 Å². The zero-order valence-electron chi connectivity index (χ0n) is 10.3. The third kappa shape index (κ3) is 1.84. The summed E-state index contributed by atoms with van der Waals surface area (Å²) < 4.78 is 5.51. The average molecular weight is 234 g/mol. The molecular formula is C17H14O. The summed E-state index contributed by atoms with van der Waals surface area (Å²) in [5.74, 6) is 0.917. The van der Waals surface area contributed by atoms with Gasteiger partial charge in [0.1, 0.15) is 5.75 Å². The van der Waals surface area contributed by atoms with E-state index in [2.05, 4.69) is 42.5 Å². The molecular weight excluding hydrogens is 220 g/mol.